The van der Waals surface area contributed by atoms with Crippen LogP contribution >= 0.6 is 0 Å². The largest absolute Gasteiger partial charge is 0.444 e. The number of benzene rings is 1. The Morgan fingerprint density at radius 3 is 1.96 bits per heavy atom. The van der Waals surface area contributed by atoms with Crippen LogP contribution < -0.4 is 10.6 Å². The molecule has 5 nitrogen and oxygen atoms in total. The zero-order valence-corrected chi connectivity index (χ0v) is 15.1. The standard InChI is InChI=1S/C18H28N2O3/c1-12(19-16(22)23-18(5,6)7)15(21)20-14-10-8-13(9-11-14)17(2,3)4/h8-12H,1-7H3,(H,19,22)(H,20,21). The monoisotopic (exact) mass is 320 g/mol. The van der Waals surface area contributed by atoms with Crippen LogP contribution in [0.1, 0.15) is 54.0 Å². The van der Waals surface area contributed by atoms with Crippen molar-refractivity contribution in [1.29, 1.82) is 0 Å². The number of ether oxygens (including phenoxy) is 1. The molecule has 0 radical (unpaired) electrons. The molecular formula is C18H28N2O3. The van der Waals surface area contributed by atoms with Gasteiger partial charge in [-0.05, 0) is 50.8 Å². The molecule has 0 aliphatic carbocycles. The van der Waals surface area contributed by atoms with Crippen LogP contribution in [-0.4, -0.2) is 23.6 Å². The van der Waals surface area contributed by atoms with E-state index in [0.29, 0.717) is 5.69 Å². The van der Waals surface area contributed by atoms with Crippen LogP contribution in [0.5, 0.6) is 0 Å². The third-order valence-corrected chi connectivity index (χ3v) is 3.14. The van der Waals surface area contributed by atoms with E-state index in [9.17, 15) is 9.59 Å². The SMILES string of the molecule is CC(NC(=O)OC(C)(C)C)C(=O)Nc1ccc(C(C)(C)C)cc1. The second-order valence-corrected chi connectivity index (χ2v) is 7.68. The van der Waals surface area contributed by atoms with Gasteiger partial charge in [-0.15, -0.1) is 0 Å². The van der Waals surface area contributed by atoms with Crippen molar-refractivity contribution in [2.24, 2.45) is 0 Å². The highest BCUT2D eigenvalue weighted by atomic mass is 16.6. The normalized spacial score (nSPS) is 13.2. The first kappa shape index (κ1) is 19.0. The molecule has 1 aromatic rings. The van der Waals surface area contributed by atoms with Gasteiger partial charge in [0.1, 0.15) is 11.6 Å². The van der Waals surface area contributed by atoms with Crippen molar-refractivity contribution in [3.63, 3.8) is 0 Å². The molecule has 0 heterocycles. The Morgan fingerprint density at radius 1 is 1.00 bits per heavy atom. The Balaban J connectivity index is 2.60. The lowest BCUT2D eigenvalue weighted by Crippen LogP contribution is -2.43. The van der Waals surface area contributed by atoms with E-state index in [4.69, 9.17) is 4.74 Å². The molecule has 2 amide bonds. The molecule has 5 heteroatoms. The number of nitrogens with one attached hydrogen (secondary N) is 2. The summed E-state index contributed by atoms with van der Waals surface area (Å²) in [5.74, 6) is -0.292. The van der Waals surface area contributed by atoms with Crippen LogP contribution in [0, 0.1) is 0 Å². The van der Waals surface area contributed by atoms with Gasteiger partial charge in [0.2, 0.25) is 5.91 Å². The van der Waals surface area contributed by atoms with Crippen molar-refractivity contribution in [2.75, 3.05) is 5.32 Å². The molecule has 128 valence electrons. The fourth-order valence-electron chi connectivity index (χ4n) is 1.85. The van der Waals surface area contributed by atoms with Crippen LogP contribution in [0.15, 0.2) is 24.3 Å². The van der Waals surface area contributed by atoms with Crippen molar-refractivity contribution in [2.45, 2.75) is 65.5 Å². The Hall–Kier alpha value is -2.04. The Labute approximate surface area is 138 Å². The van der Waals surface area contributed by atoms with Gasteiger partial charge < -0.3 is 15.4 Å². The van der Waals surface area contributed by atoms with Gasteiger partial charge in [-0.25, -0.2) is 4.79 Å². The number of rotatable bonds is 3. The zero-order chi connectivity index (χ0) is 17.8. The van der Waals surface area contributed by atoms with Crippen molar-refractivity contribution in [1.82, 2.24) is 5.32 Å². The van der Waals surface area contributed by atoms with Gasteiger partial charge in [-0.3, -0.25) is 4.79 Å². The van der Waals surface area contributed by atoms with Crippen LogP contribution in [-0.2, 0) is 14.9 Å². The van der Waals surface area contributed by atoms with E-state index in [1.54, 1.807) is 27.7 Å². The lowest BCUT2D eigenvalue weighted by atomic mass is 9.87. The molecule has 0 spiro atoms. The second kappa shape index (κ2) is 7.02. The Bertz CT molecular complexity index is 551. The molecule has 0 aliphatic rings. The number of anilines is 1. The van der Waals surface area contributed by atoms with Crippen LogP contribution in [0.3, 0.4) is 0 Å². The van der Waals surface area contributed by atoms with E-state index in [2.05, 4.69) is 31.4 Å². The van der Waals surface area contributed by atoms with E-state index in [-0.39, 0.29) is 11.3 Å². The highest BCUT2D eigenvalue weighted by Gasteiger charge is 2.21. The molecule has 1 aromatic carbocycles. The van der Waals surface area contributed by atoms with Gasteiger partial charge in [-0.1, -0.05) is 32.9 Å². The molecule has 0 aromatic heterocycles. The summed E-state index contributed by atoms with van der Waals surface area (Å²) in [6.07, 6.45) is -0.608. The third kappa shape index (κ3) is 6.72. The van der Waals surface area contributed by atoms with E-state index in [1.165, 1.54) is 5.56 Å². The van der Waals surface area contributed by atoms with Crippen molar-refractivity contribution >= 4 is 17.7 Å². The molecule has 0 saturated carbocycles. The molecular weight excluding hydrogens is 292 g/mol. The lowest BCUT2D eigenvalue weighted by molar-refractivity contribution is -0.117. The van der Waals surface area contributed by atoms with E-state index in [0.717, 1.165) is 0 Å². The van der Waals surface area contributed by atoms with Crippen molar-refractivity contribution in [3.05, 3.63) is 29.8 Å². The van der Waals surface area contributed by atoms with Crippen molar-refractivity contribution < 1.29 is 14.3 Å². The highest BCUT2D eigenvalue weighted by molar-refractivity contribution is 5.96. The second-order valence-electron chi connectivity index (χ2n) is 7.68. The van der Waals surface area contributed by atoms with Crippen LogP contribution in [0.4, 0.5) is 10.5 Å². The number of hydrogen-bond donors (Lipinski definition) is 2. The average Bonchev–Trinajstić information content (AvgIpc) is 2.35. The molecule has 0 bridgehead atoms. The maximum Gasteiger partial charge on any atom is 0.408 e. The Kier molecular flexibility index (Phi) is 5.81. The minimum absolute atomic E-state index is 0.0636. The highest BCUT2D eigenvalue weighted by Crippen LogP contribution is 2.23. The summed E-state index contributed by atoms with van der Waals surface area (Å²) in [6, 6.07) is 7.01. The zero-order valence-electron chi connectivity index (χ0n) is 15.1. The maximum absolute atomic E-state index is 12.1. The molecule has 1 rings (SSSR count). The van der Waals surface area contributed by atoms with Crippen molar-refractivity contribution in [3.8, 4) is 0 Å². The first-order valence-electron chi connectivity index (χ1n) is 7.79. The quantitative estimate of drug-likeness (QED) is 0.889. The van der Waals surface area contributed by atoms with Crippen LogP contribution in [0.25, 0.3) is 0 Å². The number of amides is 2. The molecule has 0 saturated heterocycles. The topological polar surface area (TPSA) is 67.4 Å². The number of hydrogen-bond acceptors (Lipinski definition) is 3. The number of alkyl carbamates (subject to hydrolysis) is 1. The summed E-state index contributed by atoms with van der Waals surface area (Å²) in [5.41, 5.74) is 1.35. The molecule has 1 unspecified atom stereocenters. The van der Waals surface area contributed by atoms with Gasteiger partial charge in [0.25, 0.3) is 0 Å². The summed E-state index contributed by atoms with van der Waals surface area (Å²) in [6.45, 7) is 13.3. The smallest absolute Gasteiger partial charge is 0.408 e. The summed E-state index contributed by atoms with van der Waals surface area (Å²) in [5, 5.41) is 5.30. The van der Waals surface area contributed by atoms with E-state index < -0.39 is 17.7 Å². The van der Waals surface area contributed by atoms with Crippen LogP contribution in [0.2, 0.25) is 0 Å². The third-order valence-electron chi connectivity index (χ3n) is 3.14. The fourth-order valence-corrected chi connectivity index (χ4v) is 1.85. The summed E-state index contributed by atoms with van der Waals surface area (Å²) < 4.78 is 5.13. The van der Waals surface area contributed by atoms with Gasteiger partial charge in [0, 0.05) is 5.69 Å². The molecule has 23 heavy (non-hydrogen) atoms. The lowest BCUT2D eigenvalue weighted by Gasteiger charge is -2.22. The average molecular weight is 320 g/mol. The van der Waals surface area contributed by atoms with Gasteiger partial charge in [-0.2, -0.15) is 0 Å². The summed E-state index contributed by atoms with van der Waals surface area (Å²) in [7, 11) is 0. The molecule has 1 atom stereocenters. The summed E-state index contributed by atoms with van der Waals surface area (Å²) >= 11 is 0. The van der Waals surface area contributed by atoms with Gasteiger partial charge in [0.05, 0.1) is 0 Å². The molecule has 2 N–H and O–H groups in total. The molecule has 0 fully saturated rings. The first-order chi connectivity index (χ1) is 10.4. The number of carbonyl (C=O) groups excluding carboxylic acids is 2. The van der Waals surface area contributed by atoms with E-state index >= 15 is 0 Å². The number of carbonyl (C=O) groups is 2. The first-order valence-corrected chi connectivity index (χ1v) is 7.79. The predicted octanol–water partition coefficient (Wildman–Crippen LogP) is 3.84. The Morgan fingerprint density at radius 2 is 1.52 bits per heavy atom. The molecule has 0 aliphatic heterocycles. The van der Waals surface area contributed by atoms with E-state index in [1.807, 2.05) is 24.3 Å². The summed E-state index contributed by atoms with van der Waals surface area (Å²) in [4.78, 5) is 23.8. The fraction of sp³-hybridized carbons (Fsp3) is 0.556. The minimum atomic E-state index is -0.688. The van der Waals surface area contributed by atoms with Gasteiger partial charge in [0.15, 0.2) is 0 Å². The predicted molar refractivity (Wildman–Crippen MR) is 92.6 cm³/mol. The van der Waals surface area contributed by atoms with Gasteiger partial charge >= 0.3 is 6.09 Å². The minimum Gasteiger partial charge on any atom is -0.444 e. The maximum atomic E-state index is 12.1.